The van der Waals surface area contributed by atoms with Gasteiger partial charge in [-0.2, -0.15) is 0 Å². The summed E-state index contributed by atoms with van der Waals surface area (Å²) < 4.78 is 28.8. The summed E-state index contributed by atoms with van der Waals surface area (Å²) in [5.74, 6) is 0.928. The number of carbonyl (C=O) groups excluding carboxylic acids is 1. The van der Waals surface area contributed by atoms with Gasteiger partial charge in [-0.25, -0.2) is 8.42 Å². The fraction of sp³-hybridized carbons (Fsp3) is 0.632. The van der Waals surface area contributed by atoms with E-state index in [1.807, 2.05) is 24.3 Å². The molecule has 27 heavy (non-hydrogen) atoms. The molecule has 1 aromatic rings. The topological polar surface area (TPSA) is 84.5 Å². The summed E-state index contributed by atoms with van der Waals surface area (Å²) in [6, 6.07) is 7.78. The molecule has 8 heteroatoms. The summed E-state index contributed by atoms with van der Waals surface area (Å²) >= 11 is 0. The summed E-state index contributed by atoms with van der Waals surface area (Å²) in [6.45, 7) is 6.37. The average Bonchev–Trinajstić information content (AvgIpc) is 2.60. The minimum atomic E-state index is -3.47. The minimum absolute atomic E-state index is 0. The summed E-state index contributed by atoms with van der Waals surface area (Å²) in [7, 11) is -3.47. The second-order valence-corrected chi connectivity index (χ2v) is 9.70. The van der Waals surface area contributed by atoms with Gasteiger partial charge >= 0.3 is 0 Å². The van der Waals surface area contributed by atoms with E-state index in [4.69, 9.17) is 4.74 Å². The van der Waals surface area contributed by atoms with Crippen molar-refractivity contribution in [1.82, 2.24) is 10.6 Å². The Labute approximate surface area is 168 Å². The first-order valence-corrected chi connectivity index (χ1v) is 11.0. The van der Waals surface area contributed by atoms with Crippen LogP contribution in [0, 0.1) is 5.92 Å². The molecule has 2 N–H and O–H groups in total. The van der Waals surface area contributed by atoms with Gasteiger partial charge in [-0.05, 0) is 56.0 Å². The molecule has 0 saturated carbocycles. The van der Waals surface area contributed by atoms with E-state index < -0.39 is 14.6 Å². The van der Waals surface area contributed by atoms with Crippen molar-refractivity contribution in [2.75, 3.05) is 32.5 Å². The number of hydrogen-bond donors (Lipinski definition) is 2. The van der Waals surface area contributed by atoms with Gasteiger partial charge in [-0.15, -0.1) is 12.4 Å². The Balaban J connectivity index is 0.00000364. The first-order valence-electron chi connectivity index (χ1n) is 9.15. The largest absolute Gasteiger partial charge is 0.493 e. The van der Waals surface area contributed by atoms with Crippen LogP contribution < -0.4 is 15.4 Å². The van der Waals surface area contributed by atoms with Crippen molar-refractivity contribution in [1.29, 1.82) is 0 Å². The maximum atomic E-state index is 12.6. The van der Waals surface area contributed by atoms with E-state index in [2.05, 4.69) is 24.5 Å². The van der Waals surface area contributed by atoms with Gasteiger partial charge in [-0.3, -0.25) is 4.79 Å². The molecule has 1 saturated heterocycles. The molecule has 0 spiro atoms. The zero-order valence-electron chi connectivity index (χ0n) is 16.3. The number of carbonyl (C=O) groups is 1. The maximum absolute atomic E-state index is 12.6. The molecular formula is C19H31ClN2O4S. The zero-order chi connectivity index (χ0) is 19.2. The van der Waals surface area contributed by atoms with Crippen molar-refractivity contribution in [2.45, 2.75) is 37.9 Å². The standard InChI is InChI=1S/C19H30N2O4S.ClH/c1-15(2)14-25-17-6-4-16(5-7-17)8-11-21-18(22)19(26(3,23)24)9-12-20-13-10-19;/h4-7,15,20H,8-14H2,1-3H3,(H,21,22);1H. The van der Waals surface area contributed by atoms with Gasteiger partial charge in [0.25, 0.3) is 0 Å². The van der Waals surface area contributed by atoms with Gasteiger partial charge < -0.3 is 15.4 Å². The third kappa shape index (κ3) is 6.36. The fourth-order valence-electron chi connectivity index (χ4n) is 3.09. The van der Waals surface area contributed by atoms with Crippen LogP contribution in [-0.2, 0) is 21.1 Å². The maximum Gasteiger partial charge on any atom is 0.241 e. The lowest BCUT2D eigenvalue weighted by Crippen LogP contribution is -2.57. The third-order valence-electron chi connectivity index (χ3n) is 4.74. The Morgan fingerprint density at radius 1 is 1.22 bits per heavy atom. The lowest BCUT2D eigenvalue weighted by atomic mass is 9.95. The van der Waals surface area contributed by atoms with E-state index >= 15 is 0 Å². The van der Waals surface area contributed by atoms with Crippen molar-refractivity contribution in [3.63, 3.8) is 0 Å². The molecule has 1 heterocycles. The van der Waals surface area contributed by atoms with E-state index in [1.165, 1.54) is 0 Å². The van der Waals surface area contributed by atoms with Crippen molar-refractivity contribution in [3.05, 3.63) is 29.8 Å². The number of rotatable bonds is 8. The van der Waals surface area contributed by atoms with E-state index in [-0.39, 0.29) is 18.3 Å². The SMILES string of the molecule is CC(C)COc1ccc(CCNC(=O)C2(S(C)(=O)=O)CCNCC2)cc1.Cl. The van der Waals surface area contributed by atoms with E-state index in [0.29, 0.717) is 51.4 Å². The molecule has 6 nitrogen and oxygen atoms in total. The molecular weight excluding hydrogens is 388 g/mol. The number of sulfone groups is 1. The summed E-state index contributed by atoms with van der Waals surface area (Å²) in [5, 5.41) is 5.94. The van der Waals surface area contributed by atoms with Gasteiger partial charge in [0.05, 0.1) is 6.61 Å². The van der Waals surface area contributed by atoms with E-state index in [0.717, 1.165) is 17.6 Å². The fourth-order valence-corrected chi connectivity index (χ4v) is 4.45. The number of benzene rings is 1. The molecule has 0 unspecified atom stereocenters. The van der Waals surface area contributed by atoms with Crippen molar-refractivity contribution in [3.8, 4) is 5.75 Å². The lowest BCUT2D eigenvalue weighted by Gasteiger charge is -2.34. The molecule has 1 aliphatic heterocycles. The number of piperidine rings is 1. The Morgan fingerprint density at radius 2 is 1.81 bits per heavy atom. The normalized spacial score (nSPS) is 16.4. The first kappa shape index (κ1) is 23.7. The minimum Gasteiger partial charge on any atom is -0.493 e. The quantitative estimate of drug-likeness (QED) is 0.674. The van der Waals surface area contributed by atoms with Crippen LogP contribution in [0.1, 0.15) is 32.3 Å². The molecule has 0 atom stereocenters. The predicted octanol–water partition coefficient (Wildman–Crippen LogP) is 1.97. The Morgan fingerprint density at radius 3 is 2.33 bits per heavy atom. The molecule has 0 aliphatic carbocycles. The Hall–Kier alpha value is -1.31. The highest BCUT2D eigenvalue weighted by atomic mass is 35.5. The zero-order valence-corrected chi connectivity index (χ0v) is 17.9. The Kier molecular flexibility index (Phi) is 9.05. The Bertz CT molecular complexity index is 699. The van der Waals surface area contributed by atoms with Crippen LogP contribution in [-0.4, -0.2) is 51.6 Å². The molecule has 0 aromatic heterocycles. The monoisotopic (exact) mass is 418 g/mol. The van der Waals surface area contributed by atoms with Crippen LogP contribution in [0.5, 0.6) is 5.75 Å². The van der Waals surface area contributed by atoms with Gasteiger partial charge in [0, 0.05) is 12.8 Å². The van der Waals surface area contributed by atoms with Crippen LogP contribution >= 0.6 is 12.4 Å². The highest BCUT2D eigenvalue weighted by molar-refractivity contribution is 7.92. The second kappa shape index (κ2) is 10.3. The van der Waals surface area contributed by atoms with E-state index in [9.17, 15) is 13.2 Å². The summed E-state index contributed by atoms with van der Waals surface area (Å²) in [5.41, 5.74) is 1.07. The number of halogens is 1. The second-order valence-electron chi connectivity index (χ2n) is 7.37. The highest BCUT2D eigenvalue weighted by Gasteiger charge is 2.48. The molecule has 154 valence electrons. The van der Waals surface area contributed by atoms with Crippen molar-refractivity contribution >= 4 is 28.2 Å². The van der Waals surface area contributed by atoms with Crippen molar-refractivity contribution < 1.29 is 17.9 Å². The molecule has 0 radical (unpaired) electrons. The van der Waals surface area contributed by atoms with Crippen LogP contribution in [0.15, 0.2) is 24.3 Å². The van der Waals surface area contributed by atoms with Crippen molar-refractivity contribution in [2.24, 2.45) is 5.92 Å². The number of hydrogen-bond acceptors (Lipinski definition) is 5. The van der Waals surface area contributed by atoms with Crippen LogP contribution in [0.25, 0.3) is 0 Å². The van der Waals surface area contributed by atoms with Gasteiger partial charge in [0.1, 0.15) is 5.75 Å². The van der Waals surface area contributed by atoms with Crippen LogP contribution in [0.4, 0.5) is 0 Å². The van der Waals surface area contributed by atoms with E-state index in [1.54, 1.807) is 0 Å². The highest BCUT2D eigenvalue weighted by Crippen LogP contribution is 2.28. The van der Waals surface area contributed by atoms with Crippen LogP contribution in [0.2, 0.25) is 0 Å². The number of amides is 1. The molecule has 1 amide bonds. The average molecular weight is 419 g/mol. The molecule has 0 bridgehead atoms. The summed E-state index contributed by atoms with van der Waals surface area (Å²) in [6.07, 6.45) is 2.45. The van der Waals surface area contributed by atoms with Gasteiger partial charge in [-0.1, -0.05) is 26.0 Å². The predicted molar refractivity (Wildman–Crippen MR) is 110 cm³/mol. The number of nitrogens with one attached hydrogen (secondary N) is 2. The summed E-state index contributed by atoms with van der Waals surface area (Å²) in [4.78, 5) is 12.6. The molecule has 2 rings (SSSR count). The molecule has 1 aromatic carbocycles. The lowest BCUT2D eigenvalue weighted by molar-refractivity contribution is -0.124. The smallest absolute Gasteiger partial charge is 0.241 e. The van der Waals surface area contributed by atoms with Crippen LogP contribution in [0.3, 0.4) is 0 Å². The first-order chi connectivity index (χ1) is 12.2. The van der Waals surface area contributed by atoms with Gasteiger partial charge in [0.2, 0.25) is 5.91 Å². The molecule has 1 fully saturated rings. The molecule has 1 aliphatic rings. The number of ether oxygens (including phenoxy) is 1. The van der Waals surface area contributed by atoms with Gasteiger partial charge in [0.15, 0.2) is 14.6 Å². The third-order valence-corrected chi connectivity index (χ3v) is 6.75.